The zero-order valence-corrected chi connectivity index (χ0v) is 8.97. The number of benzene rings is 1. The number of rotatable bonds is 3. The molecule has 1 aromatic rings. The lowest BCUT2D eigenvalue weighted by atomic mass is 9.99. The van der Waals surface area contributed by atoms with E-state index >= 15 is 0 Å². The molecule has 1 aliphatic heterocycles. The second-order valence-electron chi connectivity index (χ2n) is 3.59. The van der Waals surface area contributed by atoms with Crippen molar-refractivity contribution in [2.45, 2.75) is 12.9 Å². The fourth-order valence-corrected chi connectivity index (χ4v) is 1.74. The molecule has 2 rings (SSSR count). The van der Waals surface area contributed by atoms with Gasteiger partial charge in [0.25, 0.3) is 0 Å². The molecule has 1 unspecified atom stereocenters. The Kier molecular flexibility index (Phi) is 2.83. The van der Waals surface area contributed by atoms with Gasteiger partial charge in [-0.1, -0.05) is 0 Å². The molecule has 0 spiro atoms. The van der Waals surface area contributed by atoms with Crippen LogP contribution in [-0.4, -0.2) is 29.3 Å². The van der Waals surface area contributed by atoms with Gasteiger partial charge in [-0.2, -0.15) is 0 Å². The standard InChI is InChI=1S/C11H10O6/c1-16-4-5-2-7-8(3-6(5)9(12)13)11(15)17-10(7)14/h2-3,11,15H,4H2,1H3,(H,12,13). The highest BCUT2D eigenvalue weighted by atomic mass is 16.6. The number of aromatic carboxylic acids is 1. The average molecular weight is 238 g/mol. The lowest BCUT2D eigenvalue weighted by Gasteiger charge is -2.07. The van der Waals surface area contributed by atoms with Crippen LogP contribution >= 0.6 is 0 Å². The number of carboxylic acid groups (broad SMARTS) is 1. The van der Waals surface area contributed by atoms with Crippen LogP contribution in [0.2, 0.25) is 0 Å². The fraction of sp³-hybridized carbons (Fsp3) is 0.273. The third-order valence-electron chi connectivity index (χ3n) is 2.51. The first kappa shape index (κ1) is 11.6. The number of hydrogen-bond acceptors (Lipinski definition) is 5. The van der Waals surface area contributed by atoms with Crippen LogP contribution in [0, 0.1) is 0 Å². The number of carbonyl (C=O) groups excluding carboxylic acids is 1. The van der Waals surface area contributed by atoms with Crippen molar-refractivity contribution in [2.24, 2.45) is 0 Å². The Labute approximate surface area is 96.4 Å². The zero-order chi connectivity index (χ0) is 12.6. The summed E-state index contributed by atoms with van der Waals surface area (Å²) in [6, 6.07) is 2.61. The van der Waals surface area contributed by atoms with Gasteiger partial charge in [0.05, 0.1) is 17.7 Å². The molecular weight excluding hydrogens is 228 g/mol. The van der Waals surface area contributed by atoms with Crippen molar-refractivity contribution in [3.05, 3.63) is 34.4 Å². The molecule has 1 aliphatic rings. The van der Waals surface area contributed by atoms with E-state index in [1.165, 1.54) is 19.2 Å². The van der Waals surface area contributed by atoms with Crippen molar-refractivity contribution in [3.8, 4) is 0 Å². The smallest absolute Gasteiger partial charge is 0.341 e. The quantitative estimate of drug-likeness (QED) is 0.752. The van der Waals surface area contributed by atoms with Crippen LogP contribution < -0.4 is 0 Å². The van der Waals surface area contributed by atoms with Gasteiger partial charge in [0, 0.05) is 12.7 Å². The molecule has 0 saturated heterocycles. The maximum absolute atomic E-state index is 11.3. The highest BCUT2D eigenvalue weighted by Gasteiger charge is 2.31. The first-order valence-electron chi connectivity index (χ1n) is 4.82. The number of carbonyl (C=O) groups is 2. The summed E-state index contributed by atoms with van der Waals surface area (Å²) in [7, 11) is 1.42. The van der Waals surface area contributed by atoms with Gasteiger partial charge in [-0.3, -0.25) is 0 Å². The van der Waals surface area contributed by atoms with Crippen molar-refractivity contribution in [2.75, 3.05) is 7.11 Å². The van der Waals surface area contributed by atoms with E-state index in [0.29, 0.717) is 5.56 Å². The highest BCUT2D eigenvalue weighted by Crippen LogP contribution is 2.31. The molecule has 0 bridgehead atoms. The summed E-state index contributed by atoms with van der Waals surface area (Å²) in [5, 5.41) is 18.4. The Hall–Kier alpha value is -1.92. The fourth-order valence-electron chi connectivity index (χ4n) is 1.74. The molecular formula is C11H10O6. The van der Waals surface area contributed by atoms with Gasteiger partial charge in [0.1, 0.15) is 0 Å². The van der Waals surface area contributed by atoms with Gasteiger partial charge in [-0.25, -0.2) is 9.59 Å². The van der Waals surface area contributed by atoms with Gasteiger partial charge in [-0.15, -0.1) is 0 Å². The number of fused-ring (bicyclic) bond motifs is 1. The van der Waals surface area contributed by atoms with Crippen LogP contribution in [0.25, 0.3) is 0 Å². The Morgan fingerprint density at radius 1 is 1.53 bits per heavy atom. The molecule has 0 saturated carbocycles. The third kappa shape index (κ3) is 1.88. The van der Waals surface area contributed by atoms with E-state index < -0.39 is 18.2 Å². The summed E-state index contributed by atoms with van der Waals surface area (Å²) in [6.45, 7) is 0.0677. The maximum atomic E-state index is 11.3. The number of hydrogen-bond donors (Lipinski definition) is 2. The minimum Gasteiger partial charge on any atom is -0.478 e. The van der Waals surface area contributed by atoms with Gasteiger partial charge < -0.3 is 19.7 Å². The Morgan fingerprint density at radius 2 is 2.24 bits per heavy atom. The minimum absolute atomic E-state index is 0.0112. The van der Waals surface area contributed by atoms with E-state index in [4.69, 9.17) is 9.84 Å². The first-order chi connectivity index (χ1) is 8.04. The molecule has 17 heavy (non-hydrogen) atoms. The number of ether oxygens (including phenoxy) is 2. The van der Waals surface area contributed by atoms with Crippen LogP contribution in [0.15, 0.2) is 12.1 Å². The summed E-state index contributed by atoms with van der Waals surface area (Å²) in [4.78, 5) is 22.4. The molecule has 6 nitrogen and oxygen atoms in total. The molecule has 0 aromatic heterocycles. The Balaban J connectivity index is 2.58. The van der Waals surface area contributed by atoms with Gasteiger partial charge in [0.2, 0.25) is 6.29 Å². The van der Waals surface area contributed by atoms with Crippen molar-refractivity contribution in [1.82, 2.24) is 0 Å². The Bertz CT molecular complexity index is 493. The summed E-state index contributed by atoms with van der Waals surface area (Å²) in [6.07, 6.45) is -1.40. The average Bonchev–Trinajstić information content (AvgIpc) is 2.54. The van der Waals surface area contributed by atoms with Crippen molar-refractivity contribution < 1.29 is 29.3 Å². The maximum Gasteiger partial charge on any atom is 0.341 e. The monoisotopic (exact) mass is 238 g/mol. The van der Waals surface area contributed by atoms with Gasteiger partial charge in [-0.05, 0) is 17.7 Å². The predicted octanol–water partition coefficient (Wildman–Crippen LogP) is 0.693. The topological polar surface area (TPSA) is 93.1 Å². The van der Waals surface area contributed by atoms with E-state index in [1.807, 2.05) is 0 Å². The zero-order valence-electron chi connectivity index (χ0n) is 8.97. The van der Waals surface area contributed by atoms with E-state index in [0.717, 1.165) is 0 Å². The van der Waals surface area contributed by atoms with Gasteiger partial charge >= 0.3 is 11.9 Å². The number of esters is 1. The highest BCUT2D eigenvalue weighted by molar-refractivity contribution is 5.97. The van der Waals surface area contributed by atoms with Crippen LogP contribution in [-0.2, 0) is 16.1 Å². The summed E-state index contributed by atoms with van der Waals surface area (Å²) < 4.78 is 9.44. The largest absolute Gasteiger partial charge is 0.478 e. The van der Waals surface area contributed by atoms with Crippen molar-refractivity contribution in [3.63, 3.8) is 0 Å². The molecule has 1 heterocycles. The molecule has 1 aromatic carbocycles. The molecule has 1 atom stereocenters. The van der Waals surface area contributed by atoms with Crippen molar-refractivity contribution in [1.29, 1.82) is 0 Å². The molecule has 90 valence electrons. The van der Waals surface area contributed by atoms with E-state index in [-0.39, 0.29) is 23.3 Å². The molecule has 0 radical (unpaired) electrons. The third-order valence-corrected chi connectivity index (χ3v) is 2.51. The van der Waals surface area contributed by atoms with E-state index in [9.17, 15) is 14.7 Å². The van der Waals surface area contributed by atoms with E-state index in [2.05, 4.69) is 4.74 Å². The molecule has 0 aliphatic carbocycles. The normalized spacial score (nSPS) is 17.8. The lowest BCUT2D eigenvalue weighted by Crippen LogP contribution is -2.06. The summed E-state index contributed by atoms with van der Waals surface area (Å²) in [5.41, 5.74) is 0.703. The van der Waals surface area contributed by atoms with Crippen LogP contribution in [0.4, 0.5) is 0 Å². The number of aliphatic hydroxyl groups is 1. The lowest BCUT2D eigenvalue weighted by molar-refractivity contribution is -0.0547. The number of carboxylic acids is 1. The summed E-state index contributed by atoms with van der Waals surface area (Å²) in [5.74, 6) is -1.81. The predicted molar refractivity (Wildman–Crippen MR) is 54.5 cm³/mol. The summed E-state index contributed by atoms with van der Waals surface area (Å²) >= 11 is 0. The van der Waals surface area contributed by atoms with Crippen molar-refractivity contribution >= 4 is 11.9 Å². The number of cyclic esters (lactones) is 1. The Morgan fingerprint density at radius 3 is 2.82 bits per heavy atom. The molecule has 2 N–H and O–H groups in total. The first-order valence-corrected chi connectivity index (χ1v) is 4.82. The van der Waals surface area contributed by atoms with Gasteiger partial charge in [0.15, 0.2) is 0 Å². The van der Waals surface area contributed by atoms with Crippen LogP contribution in [0.5, 0.6) is 0 Å². The minimum atomic E-state index is -1.40. The number of aliphatic hydroxyl groups excluding tert-OH is 1. The molecule has 0 fully saturated rings. The second-order valence-corrected chi connectivity index (χ2v) is 3.59. The van der Waals surface area contributed by atoms with Crippen LogP contribution in [0.1, 0.15) is 38.1 Å². The number of methoxy groups -OCH3 is 1. The molecule has 0 amide bonds. The van der Waals surface area contributed by atoms with E-state index in [1.54, 1.807) is 0 Å². The SMILES string of the molecule is COCc1cc2c(cc1C(=O)O)C(O)OC2=O. The van der Waals surface area contributed by atoms with Crippen LogP contribution in [0.3, 0.4) is 0 Å². The second kappa shape index (κ2) is 4.15. The molecule has 6 heteroatoms.